The largest absolute Gasteiger partial charge is 0.458 e. The van der Waals surface area contributed by atoms with Crippen LogP contribution in [-0.2, 0) is 5.41 Å². The highest BCUT2D eigenvalue weighted by Gasteiger charge is 2.44. The fourth-order valence-electron chi connectivity index (χ4n) is 9.95. The van der Waals surface area contributed by atoms with Crippen LogP contribution in [0, 0.1) is 0 Å². The third-order valence-electron chi connectivity index (χ3n) is 12.6. The minimum absolute atomic E-state index is 0.0390. The Hall–Kier alpha value is -5.74. The van der Waals surface area contributed by atoms with E-state index >= 15 is 0 Å². The summed E-state index contributed by atoms with van der Waals surface area (Å²) in [6.45, 7) is 4.84. The van der Waals surface area contributed by atoms with E-state index in [0.717, 1.165) is 34.1 Å². The highest BCUT2D eigenvalue weighted by molar-refractivity contribution is 6.98. The van der Waals surface area contributed by atoms with E-state index in [1.54, 1.807) is 0 Å². The van der Waals surface area contributed by atoms with Gasteiger partial charge in [0.2, 0.25) is 0 Å². The maximum absolute atomic E-state index is 6.80. The molecule has 0 unspecified atom stereocenters. The summed E-state index contributed by atoms with van der Waals surface area (Å²) in [5, 5.41) is 2.50. The summed E-state index contributed by atoms with van der Waals surface area (Å²) in [5.74, 6) is 4.27. The van der Waals surface area contributed by atoms with Gasteiger partial charge < -0.3 is 14.4 Å². The van der Waals surface area contributed by atoms with Crippen LogP contribution in [0.25, 0.3) is 21.9 Å². The maximum atomic E-state index is 6.80. The van der Waals surface area contributed by atoms with E-state index in [0.29, 0.717) is 5.92 Å². The van der Waals surface area contributed by atoms with Crippen molar-refractivity contribution < 1.29 is 9.47 Å². The van der Waals surface area contributed by atoms with Crippen molar-refractivity contribution >= 4 is 50.9 Å². The van der Waals surface area contributed by atoms with Gasteiger partial charge in [-0.05, 0) is 117 Å². The van der Waals surface area contributed by atoms with Crippen LogP contribution in [0.15, 0.2) is 140 Å². The molecule has 0 bridgehead atoms. The summed E-state index contributed by atoms with van der Waals surface area (Å²) < 4.78 is 13.2. The van der Waals surface area contributed by atoms with Crippen LogP contribution in [0.1, 0.15) is 68.6 Å². The van der Waals surface area contributed by atoms with E-state index in [1.807, 2.05) is 6.07 Å². The number of anilines is 3. The fourth-order valence-corrected chi connectivity index (χ4v) is 9.95. The molecule has 2 aliphatic heterocycles. The summed E-state index contributed by atoms with van der Waals surface area (Å²) in [7, 11) is 0. The van der Waals surface area contributed by atoms with Crippen molar-refractivity contribution in [3.63, 3.8) is 0 Å². The van der Waals surface area contributed by atoms with Gasteiger partial charge in [-0.3, -0.25) is 0 Å². The Morgan fingerprint density at radius 1 is 0.566 bits per heavy atom. The van der Waals surface area contributed by atoms with E-state index in [4.69, 9.17) is 9.47 Å². The Balaban J connectivity index is 1.10. The fraction of sp³-hybridized carbons (Fsp3) is 0.184. The third kappa shape index (κ3) is 4.61. The molecule has 3 nitrogen and oxygen atoms in total. The van der Waals surface area contributed by atoms with Gasteiger partial charge in [0.05, 0.1) is 5.69 Å². The molecule has 2 heterocycles. The third-order valence-corrected chi connectivity index (χ3v) is 12.6. The lowest BCUT2D eigenvalue weighted by atomic mass is 9.34. The number of fused-ring (bicyclic) bond motifs is 9. The first kappa shape index (κ1) is 30.9. The van der Waals surface area contributed by atoms with Gasteiger partial charge in [0.25, 0.3) is 6.71 Å². The van der Waals surface area contributed by atoms with Gasteiger partial charge in [0, 0.05) is 27.6 Å². The molecule has 4 heteroatoms. The first-order chi connectivity index (χ1) is 26.0. The molecule has 0 radical (unpaired) electrons. The zero-order valence-corrected chi connectivity index (χ0v) is 30.2. The number of para-hydroxylation sites is 2. The summed E-state index contributed by atoms with van der Waals surface area (Å²) in [6.07, 6.45) is 6.65. The van der Waals surface area contributed by atoms with Crippen molar-refractivity contribution in [1.29, 1.82) is 0 Å². The van der Waals surface area contributed by atoms with Crippen molar-refractivity contribution in [2.24, 2.45) is 0 Å². The molecule has 4 aliphatic rings. The molecule has 1 fully saturated rings. The highest BCUT2D eigenvalue weighted by atomic mass is 16.5. The van der Waals surface area contributed by atoms with E-state index in [-0.39, 0.29) is 12.1 Å². The zero-order valence-electron chi connectivity index (χ0n) is 30.2. The van der Waals surface area contributed by atoms with E-state index in [1.165, 1.54) is 93.0 Å². The smallest absolute Gasteiger partial charge is 0.260 e. The van der Waals surface area contributed by atoms with Crippen LogP contribution in [0.3, 0.4) is 0 Å². The van der Waals surface area contributed by atoms with Gasteiger partial charge in [-0.2, -0.15) is 0 Å². The average Bonchev–Trinajstić information content (AvgIpc) is 3.43. The molecule has 11 rings (SSSR count). The standard InChI is InChI=1S/C49H40BNO2/c1-49(2)38-29-41-46(53-45-23-13-22-44-48(45)50(41)40-20-11-12-21-43(40)52-44)28-37(38)47-36-19-10-9-18-35(36)42(30-39(47)49)51(33-16-7-4-8-17-33)34-26-24-32(25-27-34)31-14-5-3-6-15-31/h4,7-13,16-31H,3,5-6,14-15H2,1-2H3. The van der Waals surface area contributed by atoms with Gasteiger partial charge in [0.1, 0.15) is 23.0 Å². The van der Waals surface area contributed by atoms with E-state index in [2.05, 4.69) is 152 Å². The zero-order chi connectivity index (χ0) is 35.3. The van der Waals surface area contributed by atoms with Gasteiger partial charge >= 0.3 is 0 Å². The summed E-state index contributed by atoms with van der Waals surface area (Å²) in [5.41, 5.74) is 13.5. The molecule has 0 N–H and O–H groups in total. The van der Waals surface area contributed by atoms with Crippen molar-refractivity contribution in [2.75, 3.05) is 4.90 Å². The number of ether oxygens (including phenoxy) is 2. The number of hydrogen-bond acceptors (Lipinski definition) is 3. The average molecular weight is 686 g/mol. The molecule has 0 atom stereocenters. The molecule has 53 heavy (non-hydrogen) atoms. The molecule has 256 valence electrons. The van der Waals surface area contributed by atoms with Gasteiger partial charge in [0.15, 0.2) is 0 Å². The molecule has 0 aromatic heterocycles. The lowest BCUT2D eigenvalue weighted by Crippen LogP contribution is -2.57. The summed E-state index contributed by atoms with van der Waals surface area (Å²) in [4.78, 5) is 2.47. The van der Waals surface area contributed by atoms with Crippen LogP contribution in [-0.4, -0.2) is 6.71 Å². The van der Waals surface area contributed by atoms with Crippen molar-refractivity contribution in [3.8, 4) is 34.1 Å². The number of hydrogen-bond donors (Lipinski definition) is 0. The maximum Gasteiger partial charge on any atom is 0.260 e. The van der Waals surface area contributed by atoms with Gasteiger partial charge in [-0.1, -0.05) is 118 Å². The second-order valence-corrected chi connectivity index (χ2v) is 15.9. The first-order valence-electron chi connectivity index (χ1n) is 19.3. The Labute approximate surface area is 311 Å². The van der Waals surface area contributed by atoms with Crippen LogP contribution < -0.4 is 30.8 Å². The number of rotatable bonds is 4. The SMILES string of the molecule is CC1(C)c2cc3c(cc2-c2c1cc(N(c1ccccc1)c1ccc(C4CCCCC4)cc1)c1ccccc21)Oc1cccc2c1B3c1ccccc1O2. The van der Waals surface area contributed by atoms with Gasteiger partial charge in [-0.25, -0.2) is 0 Å². The summed E-state index contributed by atoms with van der Waals surface area (Å²) in [6, 6.07) is 51.3. The predicted molar refractivity (Wildman–Crippen MR) is 220 cm³/mol. The van der Waals surface area contributed by atoms with Crippen LogP contribution in [0.5, 0.6) is 23.0 Å². The normalized spacial score (nSPS) is 16.1. The Morgan fingerprint density at radius 2 is 1.23 bits per heavy atom. The number of nitrogens with zero attached hydrogens (tertiary/aromatic N) is 1. The quantitative estimate of drug-likeness (QED) is 0.172. The van der Waals surface area contributed by atoms with Crippen molar-refractivity contribution in [1.82, 2.24) is 0 Å². The minimum atomic E-state index is -0.254. The Morgan fingerprint density at radius 3 is 2.02 bits per heavy atom. The minimum Gasteiger partial charge on any atom is -0.458 e. The molecule has 7 aromatic carbocycles. The van der Waals surface area contributed by atoms with Crippen LogP contribution in [0.2, 0.25) is 0 Å². The molecule has 0 spiro atoms. The Bertz CT molecular complexity index is 2590. The lowest BCUT2D eigenvalue weighted by Gasteiger charge is -2.33. The van der Waals surface area contributed by atoms with Crippen molar-refractivity contribution in [2.45, 2.75) is 57.3 Å². The molecule has 0 saturated heterocycles. The Kier molecular flexibility index (Phi) is 6.77. The lowest BCUT2D eigenvalue weighted by molar-refractivity contribution is 0.443. The first-order valence-corrected chi connectivity index (χ1v) is 19.3. The van der Waals surface area contributed by atoms with Crippen molar-refractivity contribution in [3.05, 3.63) is 156 Å². The molecular formula is C49H40BNO2. The predicted octanol–water partition coefficient (Wildman–Crippen LogP) is 11.4. The van der Waals surface area contributed by atoms with E-state index in [9.17, 15) is 0 Å². The van der Waals surface area contributed by atoms with Gasteiger partial charge in [-0.15, -0.1) is 0 Å². The molecule has 0 amide bonds. The molecule has 1 saturated carbocycles. The monoisotopic (exact) mass is 685 g/mol. The molecular weight excluding hydrogens is 645 g/mol. The second kappa shape index (κ2) is 11.6. The second-order valence-electron chi connectivity index (χ2n) is 15.9. The molecule has 7 aromatic rings. The van der Waals surface area contributed by atoms with Crippen LogP contribution in [0.4, 0.5) is 17.1 Å². The van der Waals surface area contributed by atoms with Crippen LogP contribution >= 0.6 is 0 Å². The number of benzene rings is 7. The van der Waals surface area contributed by atoms with E-state index < -0.39 is 0 Å². The topological polar surface area (TPSA) is 21.7 Å². The molecule has 2 aliphatic carbocycles. The summed E-state index contributed by atoms with van der Waals surface area (Å²) >= 11 is 0. The highest BCUT2D eigenvalue weighted by Crippen LogP contribution is 2.55.